The lowest BCUT2D eigenvalue weighted by Gasteiger charge is -2.26. The van der Waals surface area contributed by atoms with E-state index >= 15 is 0 Å². The monoisotopic (exact) mass is 410 g/mol. The van der Waals surface area contributed by atoms with Gasteiger partial charge in [-0.05, 0) is 30.5 Å². The van der Waals surface area contributed by atoms with Crippen LogP contribution in [0.1, 0.15) is 22.3 Å². The third-order valence-electron chi connectivity index (χ3n) is 5.11. The molecule has 0 aliphatic carbocycles. The number of thiophene rings is 1. The van der Waals surface area contributed by atoms with Gasteiger partial charge >= 0.3 is 0 Å². The van der Waals surface area contributed by atoms with Gasteiger partial charge in [0.15, 0.2) is 0 Å². The van der Waals surface area contributed by atoms with Gasteiger partial charge in [0.2, 0.25) is 5.78 Å². The fourth-order valence-corrected chi connectivity index (χ4v) is 4.55. The third kappa shape index (κ3) is 3.24. The highest BCUT2D eigenvalue weighted by Crippen LogP contribution is 2.40. The molecule has 0 spiro atoms. The number of nitrogens with zero attached hydrogens (tertiary/aromatic N) is 3. The number of quaternary nitrogens is 1. The van der Waals surface area contributed by atoms with Gasteiger partial charge in [-0.1, -0.05) is 17.9 Å². The quantitative estimate of drug-likeness (QED) is 0.367. The van der Waals surface area contributed by atoms with Crippen LogP contribution in [0.25, 0.3) is 11.4 Å². The molecule has 0 aromatic carbocycles. The summed E-state index contributed by atoms with van der Waals surface area (Å²) < 4.78 is 1.68. The van der Waals surface area contributed by atoms with Gasteiger partial charge in [0.25, 0.3) is 5.91 Å². The second kappa shape index (κ2) is 7.46. The topological polar surface area (TPSA) is 82.2 Å². The van der Waals surface area contributed by atoms with Gasteiger partial charge in [0, 0.05) is 16.6 Å². The highest BCUT2D eigenvalue weighted by atomic mass is 32.1. The Kier molecular flexibility index (Phi) is 4.97. The number of hydrogen-bond donors (Lipinski definition) is 1. The summed E-state index contributed by atoms with van der Waals surface area (Å²) in [5, 5.41) is 15.5. The first-order valence-electron chi connectivity index (χ1n) is 9.43. The van der Waals surface area contributed by atoms with Crippen LogP contribution in [-0.2, 0) is 9.59 Å². The van der Waals surface area contributed by atoms with Gasteiger partial charge < -0.3 is 19.3 Å². The van der Waals surface area contributed by atoms with Crippen LogP contribution in [0.2, 0.25) is 0 Å². The number of likely N-dealkylation sites (N-methyl/N-ethyl adjacent to an activating group) is 1. The average molecular weight is 410 g/mol. The first-order chi connectivity index (χ1) is 13.9. The van der Waals surface area contributed by atoms with Crippen molar-refractivity contribution < 1.29 is 19.6 Å². The highest BCUT2D eigenvalue weighted by Gasteiger charge is 2.45. The molecule has 1 aliphatic heterocycles. The number of nitrogens with one attached hydrogen (secondary N) is 1. The van der Waals surface area contributed by atoms with E-state index in [9.17, 15) is 14.7 Å². The van der Waals surface area contributed by atoms with Gasteiger partial charge in [0.05, 0.1) is 44.6 Å². The number of likely N-dealkylation sites (tertiary alicyclic amines) is 1. The summed E-state index contributed by atoms with van der Waals surface area (Å²) in [6.07, 6.45) is 1.75. The molecule has 3 aromatic rings. The molecule has 150 valence electrons. The lowest BCUT2D eigenvalue weighted by atomic mass is 10.0. The van der Waals surface area contributed by atoms with Crippen molar-refractivity contribution in [3.05, 3.63) is 63.7 Å². The number of Topliss-reactive ketones (excluding diaryl/α,β-unsaturated/α-hetero) is 1. The molecule has 29 heavy (non-hydrogen) atoms. The van der Waals surface area contributed by atoms with E-state index in [4.69, 9.17) is 0 Å². The van der Waals surface area contributed by atoms with E-state index in [1.54, 1.807) is 29.7 Å². The number of carbonyl (C=O) groups excluding carboxylic acids is 2. The molecule has 8 heteroatoms. The Morgan fingerprint density at radius 1 is 1.24 bits per heavy atom. The lowest BCUT2D eigenvalue weighted by molar-refractivity contribution is -0.857. The van der Waals surface area contributed by atoms with Gasteiger partial charge in [-0.2, -0.15) is 0 Å². The van der Waals surface area contributed by atoms with Crippen molar-refractivity contribution in [2.75, 3.05) is 27.2 Å². The minimum Gasteiger partial charge on any atom is -0.871 e. The Balaban J connectivity index is 1.90. The molecule has 7 nitrogen and oxygen atoms in total. The fraction of sp³-hybridized carbons (Fsp3) is 0.286. The van der Waals surface area contributed by atoms with E-state index in [0.29, 0.717) is 30.1 Å². The lowest BCUT2D eigenvalue weighted by Crippen LogP contribution is -3.06. The van der Waals surface area contributed by atoms with Crippen molar-refractivity contribution in [2.24, 2.45) is 0 Å². The van der Waals surface area contributed by atoms with Crippen molar-refractivity contribution in [1.29, 1.82) is 0 Å². The SMILES string of the molecule is Cc1nc2ccccn2c1/C([O-])=C1\C(=O)C(=O)N(CC[NH+](C)C)C1c1cccs1. The van der Waals surface area contributed by atoms with Crippen molar-refractivity contribution in [3.63, 3.8) is 0 Å². The molecule has 1 saturated heterocycles. The van der Waals surface area contributed by atoms with E-state index in [2.05, 4.69) is 4.98 Å². The summed E-state index contributed by atoms with van der Waals surface area (Å²) >= 11 is 1.44. The van der Waals surface area contributed by atoms with E-state index in [0.717, 1.165) is 9.78 Å². The zero-order valence-electron chi connectivity index (χ0n) is 16.5. The number of carbonyl (C=O) groups is 2. The van der Waals surface area contributed by atoms with E-state index in [1.165, 1.54) is 16.2 Å². The van der Waals surface area contributed by atoms with Crippen LogP contribution in [0, 0.1) is 6.92 Å². The number of hydrogen-bond acceptors (Lipinski definition) is 5. The van der Waals surface area contributed by atoms with Gasteiger partial charge in [-0.25, -0.2) is 4.98 Å². The number of aryl methyl sites for hydroxylation is 1. The average Bonchev–Trinajstić information content (AvgIpc) is 3.37. The van der Waals surface area contributed by atoms with Crippen LogP contribution in [0.5, 0.6) is 0 Å². The van der Waals surface area contributed by atoms with Crippen LogP contribution < -0.4 is 10.0 Å². The molecule has 1 amide bonds. The van der Waals surface area contributed by atoms with E-state index < -0.39 is 23.5 Å². The third-order valence-corrected chi connectivity index (χ3v) is 6.04. The molecule has 0 radical (unpaired) electrons. The van der Waals surface area contributed by atoms with Crippen LogP contribution in [0.15, 0.2) is 47.5 Å². The number of imidazole rings is 1. The smallest absolute Gasteiger partial charge is 0.295 e. The molecule has 0 bridgehead atoms. The van der Waals surface area contributed by atoms with Crippen molar-refractivity contribution in [1.82, 2.24) is 14.3 Å². The number of fused-ring (bicyclic) bond motifs is 1. The summed E-state index contributed by atoms with van der Waals surface area (Å²) in [6, 6.07) is 8.53. The molecule has 1 fully saturated rings. The molecule has 1 N–H and O–H groups in total. The minimum atomic E-state index is -0.715. The van der Waals surface area contributed by atoms with Crippen molar-refractivity contribution >= 4 is 34.4 Å². The summed E-state index contributed by atoms with van der Waals surface area (Å²) in [4.78, 5) is 33.7. The fourth-order valence-electron chi connectivity index (χ4n) is 3.70. The van der Waals surface area contributed by atoms with Crippen LogP contribution in [0.4, 0.5) is 0 Å². The van der Waals surface area contributed by atoms with Gasteiger partial charge in [0.1, 0.15) is 5.65 Å². The summed E-state index contributed by atoms with van der Waals surface area (Å²) in [7, 11) is 3.97. The van der Waals surface area contributed by atoms with Crippen molar-refractivity contribution in [2.45, 2.75) is 13.0 Å². The Hall–Kier alpha value is -2.97. The maximum absolute atomic E-state index is 13.6. The first-order valence-corrected chi connectivity index (χ1v) is 10.3. The Labute approximate surface area is 172 Å². The predicted octanol–water partition coefficient (Wildman–Crippen LogP) is 0.0727. The summed E-state index contributed by atoms with van der Waals surface area (Å²) in [5.74, 6) is -1.76. The second-order valence-electron chi connectivity index (χ2n) is 7.42. The Bertz CT molecular complexity index is 1110. The Morgan fingerprint density at radius 3 is 2.72 bits per heavy atom. The Morgan fingerprint density at radius 2 is 2.03 bits per heavy atom. The van der Waals surface area contributed by atoms with Gasteiger partial charge in [-0.15, -0.1) is 11.3 Å². The standard InChI is InChI=1S/C21H22N4O3S/c1-13-17(24-9-5-4-8-15(24)22-13)19(26)16-18(14-7-6-12-29-14)25(11-10-23(2)3)21(28)20(16)27/h4-9,12,18,26H,10-11H2,1-3H3/b19-16+. The molecule has 3 aromatic heterocycles. The molecular formula is C21H22N4O3S. The number of pyridine rings is 1. The van der Waals surface area contributed by atoms with Crippen LogP contribution >= 0.6 is 11.3 Å². The van der Waals surface area contributed by atoms with E-state index in [1.807, 2.05) is 37.7 Å². The maximum Gasteiger partial charge on any atom is 0.295 e. The zero-order valence-corrected chi connectivity index (χ0v) is 17.3. The summed E-state index contributed by atoms with van der Waals surface area (Å²) in [6.45, 7) is 2.82. The number of ketones is 1. The molecule has 1 unspecified atom stereocenters. The second-order valence-corrected chi connectivity index (χ2v) is 8.40. The number of aromatic nitrogens is 2. The first kappa shape index (κ1) is 19.4. The summed E-state index contributed by atoms with van der Waals surface area (Å²) in [5.41, 5.74) is 1.51. The molecule has 0 saturated carbocycles. The number of amides is 1. The molecule has 4 rings (SSSR count). The molecule has 1 atom stereocenters. The maximum atomic E-state index is 13.6. The predicted molar refractivity (Wildman–Crippen MR) is 108 cm³/mol. The van der Waals surface area contributed by atoms with E-state index in [-0.39, 0.29) is 5.57 Å². The van der Waals surface area contributed by atoms with Crippen molar-refractivity contribution in [3.8, 4) is 0 Å². The molecule has 4 heterocycles. The molecule has 1 aliphatic rings. The minimum absolute atomic E-state index is 0.0139. The van der Waals surface area contributed by atoms with Crippen LogP contribution in [-0.4, -0.2) is 53.2 Å². The normalized spacial score (nSPS) is 19.0. The molecular weight excluding hydrogens is 388 g/mol. The van der Waals surface area contributed by atoms with Crippen LogP contribution in [0.3, 0.4) is 0 Å². The zero-order chi connectivity index (χ0) is 20.7. The largest absolute Gasteiger partial charge is 0.871 e. The number of rotatable bonds is 5. The van der Waals surface area contributed by atoms with Gasteiger partial charge in [-0.3, -0.25) is 9.59 Å². The highest BCUT2D eigenvalue weighted by molar-refractivity contribution is 7.10.